The number of fused-ring (bicyclic) bond motifs is 2. The highest BCUT2D eigenvalue weighted by atomic mass is 35.5. The van der Waals surface area contributed by atoms with Gasteiger partial charge in [-0.15, -0.1) is 0 Å². The van der Waals surface area contributed by atoms with Crippen molar-refractivity contribution in [1.82, 2.24) is 10.2 Å². The van der Waals surface area contributed by atoms with Gasteiger partial charge in [0.2, 0.25) is 5.91 Å². The predicted octanol–water partition coefficient (Wildman–Crippen LogP) is 2.24. The number of carbonyl (C=O) groups excluding carboxylic acids is 1. The van der Waals surface area contributed by atoms with Crippen molar-refractivity contribution in [2.75, 3.05) is 13.1 Å². The minimum Gasteiger partial charge on any atom is -0.335 e. The summed E-state index contributed by atoms with van der Waals surface area (Å²) in [5.74, 6) is 0.226. The van der Waals surface area contributed by atoms with Crippen LogP contribution in [0.4, 0.5) is 0 Å². The van der Waals surface area contributed by atoms with Crippen molar-refractivity contribution in [2.24, 2.45) is 0 Å². The quantitative estimate of drug-likeness (QED) is 0.900. The maximum absolute atomic E-state index is 12.6. The molecular weight excluding hydrogens is 260 g/mol. The molecule has 1 aromatic rings. The van der Waals surface area contributed by atoms with E-state index >= 15 is 0 Å². The van der Waals surface area contributed by atoms with Crippen LogP contribution in [0.3, 0.4) is 0 Å². The summed E-state index contributed by atoms with van der Waals surface area (Å²) < 4.78 is 0. The summed E-state index contributed by atoms with van der Waals surface area (Å²) in [6, 6.07) is 8.43. The SMILES string of the molecule is O=C(Cc1ccccc1Cl)N1C2CCNCC1CC2. The highest BCUT2D eigenvalue weighted by Crippen LogP contribution is 2.29. The van der Waals surface area contributed by atoms with E-state index in [4.69, 9.17) is 11.6 Å². The number of hydrogen-bond donors (Lipinski definition) is 1. The molecule has 0 aromatic heterocycles. The first-order valence-electron chi connectivity index (χ1n) is 7.01. The Kier molecular flexibility index (Phi) is 3.76. The highest BCUT2D eigenvalue weighted by molar-refractivity contribution is 6.31. The summed E-state index contributed by atoms with van der Waals surface area (Å²) in [6.45, 7) is 1.96. The zero-order valence-corrected chi connectivity index (χ0v) is 11.7. The molecule has 2 heterocycles. The fourth-order valence-corrected chi connectivity index (χ4v) is 3.49. The molecular formula is C15H19ClN2O. The number of benzene rings is 1. The minimum atomic E-state index is 0.226. The average Bonchev–Trinajstić information content (AvgIpc) is 2.66. The van der Waals surface area contributed by atoms with E-state index in [0.29, 0.717) is 23.5 Å². The predicted molar refractivity (Wildman–Crippen MR) is 76.3 cm³/mol. The lowest BCUT2D eigenvalue weighted by Gasteiger charge is -2.28. The number of carbonyl (C=O) groups is 1. The molecule has 1 amide bonds. The molecule has 3 rings (SSSR count). The van der Waals surface area contributed by atoms with E-state index < -0.39 is 0 Å². The molecule has 2 aliphatic rings. The monoisotopic (exact) mass is 278 g/mol. The lowest BCUT2D eigenvalue weighted by molar-refractivity contribution is -0.133. The van der Waals surface area contributed by atoms with Crippen LogP contribution in [0.1, 0.15) is 24.8 Å². The average molecular weight is 279 g/mol. The van der Waals surface area contributed by atoms with Crippen LogP contribution in [0, 0.1) is 0 Å². The fourth-order valence-electron chi connectivity index (χ4n) is 3.29. The topological polar surface area (TPSA) is 32.3 Å². The molecule has 1 aromatic carbocycles. The van der Waals surface area contributed by atoms with Crippen molar-refractivity contribution in [3.05, 3.63) is 34.9 Å². The number of rotatable bonds is 2. The standard InChI is InChI=1S/C15H19ClN2O/c16-14-4-2-1-3-11(14)9-15(19)18-12-5-6-13(18)10-17-8-7-12/h1-4,12-13,17H,5-10H2. The third kappa shape index (κ3) is 2.63. The lowest BCUT2D eigenvalue weighted by atomic mass is 10.1. The summed E-state index contributed by atoms with van der Waals surface area (Å²) in [4.78, 5) is 14.7. The zero-order chi connectivity index (χ0) is 13.2. The Bertz CT molecular complexity index is 463. The van der Waals surface area contributed by atoms with Gasteiger partial charge in [0.1, 0.15) is 0 Å². The van der Waals surface area contributed by atoms with Crippen LogP contribution >= 0.6 is 11.6 Å². The molecule has 0 radical (unpaired) electrons. The van der Waals surface area contributed by atoms with E-state index in [0.717, 1.165) is 37.9 Å². The number of amides is 1. The molecule has 1 N–H and O–H groups in total. The second-order valence-corrected chi connectivity index (χ2v) is 5.85. The van der Waals surface area contributed by atoms with E-state index in [1.54, 1.807) is 0 Å². The molecule has 4 heteroatoms. The number of hydrogen-bond acceptors (Lipinski definition) is 2. The molecule has 0 saturated carbocycles. The Labute approximate surface area is 118 Å². The summed E-state index contributed by atoms with van der Waals surface area (Å²) in [6.07, 6.45) is 3.78. The Morgan fingerprint density at radius 2 is 2.05 bits per heavy atom. The van der Waals surface area contributed by atoms with Crippen molar-refractivity contribution in [1.29, 1.82) is 0 Å². The van der Waals surface area contributed by atoms with Gasteiger partial charge in [0.05, 0.1) is 6.42 Å². The van der Waals surface area contributed by atoms with Crippen LogP contribution < -0.4 is 5.32 Å². The Balaban J connectivity index is 1.75. The smallest absolute Gasteiger partial charge is 0.227 e. The molecule has 2 bridgehead atoms. The lowest BCUT2D eigenvalue weighted by Crippen LogP contribution is -2.43. The van der Waals surface area contributed by atoms with Gasteiger partial charge in [0.25, 0.3) is 0 Å². The molecule has 2 fully saturated rings. The molecule has 0 aliphatic carbocycles. The van der Waals surface area contributed by atoms with Crippen LogP contribution in [0.25, 0.3) is 0 Å². The first-order chi connectivity index (χ1) is 9.25. The van der Waals surface area contributed by atoms with Gasteiger partial charge >= 0.3 is 0 Å². The van der Waals surface area contributed by atoms with Crippen molar-refractivity contribution in [3.8, 4) is 0 Å². The molecule has 2 aliphatic heterocycles. The summed E-state index contributed by atoms with van der Waals surface area (Å²) >= 11 is 6.14. The molecule has 3 nitrogen and oxygen atoms in total. The van der Waals surface area contributed by atoms with E-state index in [-0.39, 0.29) is 5.91 Å². The van der Waals surface area contributed by atoms with Crippen molar-refractivity contribution in [2.45, 2.75) is 37.8 Å². The van der Waals surface area contributed by atoms with Gasteiger partial charge in [-0.3, -0.25) is 4.79 Å². The second kappa shape index (κ2) is 5.51. The Morgan fingerprint density at radius 3 is 2.89 bits per heavy atom. The van der Waals surface area contributed by atoms with Gasteiger partial charge in [0.15, 0.2) is 0 Å². The van der Waals surface area contributed by atoms with E-state index in [2.05, 4.69) is 10.2 Å². The molecule has 0 spiro atoms. The first kappa shape index (κ1) is 12.9. The molecule has 2 saturated heterocycles. The van der Waals surface area contributed by atoms with Crippen LogP contribution in [0.5, 0.6) is 0 Å². The van der Waals surface area contributed by atoms with Crippen LogP contribution in [-0.4, -0.2) is 36.0 Å². The largest absolute Gasteiger partial charge is 0.335 e. The molecule has 19 heavy (non-hydrogen) atoms. The second-order valence-electron chi connectivity index (χ2n) is 5.45. The van der Waals surface area contributed by atoms with Crippen molar-refractivity contribution in [3.63, 3.8) is 0 Å². The van der Waals surface area contributed by atoms with E-state index in [1.807, 2.05) is 24.3 Å². The summed E-state index contributed by atoms with van der Waals surface area (Å²) in [5.41, 5.74) is 0.936. The van der Waals surface area contributed by atoms with Crippen LogP contribution in [0.15, 0.2) is 24.3 Å². The van der Waals surface area contributed by atoms with E-state index in [1.165, 1.54) is 0 Å². The number of nitrogens with zero attached hydrogens (tertiary/aromatic N) is 1. The maximum Gasteiger partial charge on any atom is 0.227 e. The number of halogens is 1. The minimum absolute atomic E-state index is 0.226. The third-order valence-electron chi connectivity index (χ3n) is 4.24. The fraction of sp³-hybridized carbons (Fsp3) is 0.533. The third-order valence-corrected chi connectivity index (χ3v) is 4.61. The van der Waals surface area contributed by atoms with Gasteiger partial charge in [0, 0.05) is 23.7 Å². The zero-order valence-electron chi connectivity index (χ0n) is 10.9. The summed E-state index contributed by atoms with van der Waals surface area (Å²) in [7, 11) is 0. The van der Waals surface area contributed by atoms with Gasteiger partial charge in [-0.1, -0.05) is 29.8 Å². The highest BCUT2D eigenvalue weighted by Gasteiger charge is 2.37. The van der Waals surface area contributed by atoms with Crippen LogP contribution in [-0.2, 0) is 11.2 Å². The van der Waals surface area contributed by atoms with Gasteiger partial charge in [-0.2, -0.15) is 0 Å². The van der Waals surface area contributed by atoms with Gasteiger partial charge in [-0.25, -0.2) is 0 Å². The van der Waals surface area contributed by atoms with Crippen LogP contribution in [0.2, 0.25) is 5.02 Å². The molecule has 2 atom stereocenters. The summed E-state index contributed by atoms with van der Waals surface area (Å²) in [5, 5.41) is 4.11. The number of nitrogens with one attached hydrogen (secondary N) is 1. The van der Waals surface area contributed by atoms with Crippen molar-refractivity contribution < 1.29 is 4.79 Å². The normalized spacial score (nSPS) is 26.3. The van der Waals surface area contributed by atoms with Gasteiger partial charge in [-0.05, 0) is 37.4 Å². The van der Waals surface area contributed by atoms with E-state index in [9.17, 15) is 4.79 Å². The first-order valence-corrected chi connectivity index (χ1v) is 7.39. The Hall–Kier alpha value is -1.06. The maximum atomic E-state index is 12.6. The van der Waals surface area contributed by atoms with Crippen molar-refractivity contribution >= 4 is 17.5 Å². The molecule has 102 valence electrons. The Morgan fingerprint density at radius 1 is 1.26 bits per heavy atom. The molecule has 2 unspecified atom stereocenters. The van der Waals surface area contributed by atoms with Gasteiger partial charge < -0.3 is 10.2 Å².